The summed E-state index contributed by atoms with van der Waals surface area (Å²) < 4.78 is 39.0. The third-order valence-corrected chi connectivity index (χ3v) is 5.85. The normalized spacial score (nSPS) is 11.3. The Bertz CT molecular complexity index is 1240. The van der Waals surface area contributed by atoms with Gasteiger partial charge in [0.2, 0.25) is 0 Å². The van der Waals surface area contributed by atoms with Crippen molar-refractivity contribution in [3.8, 4) is 11.5 Å². The summed E-state index contributed by atoms with van der Waals surface area (Å²) in [7, 11) is 0. The third kappa shape index (κ3) is 11.0. The minimum Gasteiger partial charge on any atom is -0.491 e. The van der Waals surface area contributed by atoms with Crippen molar-refractivity contribution in [3.63, 3.8) is 0 Å². The molecule has 220 valence electrons. The molecule has 0 fully saturated rings. The molecule has 0 aliphatic heterocycles. The Morgan fingerprint density at radius 1 is 0.415 bits per heavy atom. The Kier molecular flexibility index (Phi) is 12.6. The van der Waals surface area contributed by atoms with E-state index >= 15 is 0 Å². The maximum atomic E-state index is 5.74. The number of rotatable bonds is 20. The molecule has 0 unspecified atom stereocenters. The zero-order chi connectivity index (χ0) is 28.5. The highest BCUT2D eigenvalue weighted by Gasteiger charge is 2.02. The zero-order valence-electron chi connectivity index (χ0n) is 23.2. The first-order valence-corrected chi connectivity index (χ1v) is 13.6. The number of ether oxygens (including phenoxy) is 7. The van der Waals surface area contributed by atoms with E-state index in [0.717, 1.165) is 33.3 Å². The van der Waals surface area contributed by atoms with Gasteiger partial charge in [-0.3, -0.25) is 0 Å². The smallest absolute Gasteiger partial charge is 0.124 e. The second-order valence-electron chi connectivity index (χ2n) is 8.94. The number of hydrogen-bond acceptors (Lipinski definition) is 11. The Labute approximate surface area is 239 Å². The highest BCUT2D eigenvalue weighted by molar-refractivity contribution is 5.82. The van der Waals surface area contributed by atoms with Gasteiger partial charge in [-0.15, -0.1) is 0 Å². The Morgan fingerprint density at radius 2 is 0.732 bits per heavy atom. The summed E-state index contributed by atoms with van der Waals surface area (Å²) in [6.45, 7) is 5.76. The van der Waals surface area contributed by atoms with Gasteiger partial charge in [0, 0.05) is 22.9 Å². The summed E-state index contributed by atoms with van der Waals surface area (Å²) >= 11 is 0. The summed E-state index contributed by atoms with van der Waals surface area (Å²) in [4.78, 5) is 8.61. The van der Waals surface area contributed by atoms with Gasteiger partial charge in [0.15, 0.2) is 0 Å². The topological polar surface area (TPSA) is 142 Å². The van der Waals surface area contributed by atoms with Gasteiger partial charge < -0.3 is 44.6 Å². The van der Waals surface area contributed by atoms with Crippen LogP contribution in [0.4, 0.5) is 11.6 Å². The quantitative estimate of drug-likeness (QED) is 0.152. The van der Waals surface area contributed by atoms with E-state index in [1.165, 1.54) is 0 Å². The lowest BCUT2D eigenvalue weighted by Gasteiger charge is -2.09. The third-order valence-electron chi connectivity index (χ3n) is 5.85. The van der Waals surface area contributed by atoms with Crippen molar-refractivity contribution in [1.82, 2.24) is 9.97 Å². The number of pyridine rings is 2. The van der Waals surface area contributed by atoms with Crippen molar-refractivity contribution in [2.75, 3.05) is 90.7 Å². The van der Waals surface area contributed by atoms with E-state index in [0.29, 0.717) is 90.9 Å². The lowest BCUT2D eigenvalue weighted by atomic mass is 10.2. The molecule has 41 heavy (non-hydrogen) atoms. The van der Waals surface area contributed by atoms with Crippen LogP contribution in [0.2, 0.25) is 0 Å². The van der Waals surface area contributed by atoms with E-state index in [9.17, 15) is 0 Å². The number of nitrogens with zero attached hydrogens (tertiary/aromatic N) is 2. The van der Waals surface area contributed by atoms with Crippen molar-refractivity contribution in [2.45, 2.75) is 0 Å². The molecule has 0 saturated heterocycles. The molecular formula is C30H38N4O7. The van der Waals surface area contributed by atoms with Crippen LogP contribution in [0.1, 0.15) is 0 Å². The predicted molar refractivity (Wildman–Crippen MR) is 157 cm³/mol. The van der Waals surface area contributed by atoms with Crippen molar-refractivity contribution in [2.24, 2.45) is 0 Å². The number of fused-ring (bicyclic) bond motifs is 2. The lowest BCUT2D eigenvalue weighted by Crippen LogP contribution is -2.15. The van der Waals surface area contributed by atoms with Crippen LogP contribution < -0.4 is 20.9 Å². The maximum Gasteiger partial charge on any atom is 0.124 e. The average molecular weight is 567 g/mol. The van der Waals surface area contributed by atoms with Crippen LogP contribution in [0, 0.1) is 0 Å². The van der Waals surface area contributed by atoms with Crippen LogP contribution in [0.5, 0.6) is 11.5 Å². The van der Waals surface area contributed by atoms with Gasteiger partial charge in [-0.1, -0.05) is 0 Å². The zero-order valence-corrected chi connectivity index (χ0v) is 23.2. The molecule has 11 heteroatoms. The van der Waals surface area contributed by atoms with Gasteiger partial charge in [-0.2, -0.15) is 0 Å². The largest absolute Gasteiger partial charge is 0.491 e. The molecule has 0 spiro atoms. The van der Waals surface area contributed by atoms with E-state index in [4.69, 9.17) is 44.6 Å². The molecule has 2 aromatic heterocycles. The summed E-state index contributed by atoms with van der Waals surface area (Å²) in [5.41, 5.74) is 13.1. The molecule has 4 N–H and O–H groups in total. The second-order valence-corrected chi connectivity index (χ2v) is 8.94. The molecule has 2 heterocycles. The molecule has 0 bridgehead atoms. The van der Waals surface area contributed by atoms with E-state index in [-0.39, 0.29) is 0 Å². The van der Waals surface area contributed by atoms with Crippen molar-refractivity contribution in [1.29, 1.82) is 0 Å². The standard InChI is InChI=1S/C30H38N4O7/c31-29-7-3-23-1-5-25(21-27(23)33-29)40-19-17-38-15-13-36-11-9-35-10-12-37-14-16-39-18-20-41-26-6-2-24-4-8-30(32)34-28(24)22-26/h1-8,21-22H,9-20H2,(H2,31,33)(H2,32,34). The molecule has 0 aliphatic carbocycles. The molecule has 2 aromatic carbocycles. The minimum absolute atomic E-state index is 0.440. The highest BCUT2D eigenvalue weighted by atomic mass is 16.6. The van der Waals surface area contributed by atoms with Gasteiger partial charge in [-0.05, 0) is 48.5 Å². The fraction of sp³-hybridized carbons (Fsp3) is 0.400. The van der Waals surface area contributed by atoms with Crippen LogP contribution in [0.15, 0.2) is 60.7 Å². The fourth-order valence-electron chi connectivity index (χ4n) is 3.82. The second kappa shape index (κ2) is 17.2. The van der Waals surface area contributed by atoms with Gasteiger partial charge in [-0.25, -0.2) is 9.97 Å². The lowest BCUT2D eigenvalue weighted by molar-refractivity contribution is -0.0141. The summed E-state index contributed by atoms with van der Waals surface area (Å²) in [6, 6.07) is 18.9. The van der Waals surface area contributed by atoms with Crippen LogP contribution in [0.25, 0.3) is 21.8 Å². The molecule has 0 atom stereocenters. The monoisotopic (exact) mass is 566 g/mol. The summed E-state index contributed by atoms with van der Waals surface area (Å²) in [5.74, 6) is 2.44. The molecule has 4 rings (SSSR count). The average Bonchev–Trinajstić information content (AvgIpc) is 2.98. The molecular weight excluding hydrogens is 528 g/mol. The number of hydrogen-bond donors (Lipinski definition) is 2. The van der Waals surface area contributed by atoms with Crippen molar-refractivity contribution in [3.05, 3.63) is 60.7 Å². The molecule has 0 aliphatic rings. The molecule has 0 saturated carbocycles. The van der Waals surface area contributed by atoms with Gasteiger partial charge in [0.25, 0.3) is 0 Å². The van der Waals surface area contributed by atoms with E-state index in [2.05, 4.69) is 9.97 Å². The summed E-state index contributed by atoms with van der Waals surface area (Å²) in [6.07, 6.45) is 0. The number of nitrogen functional groups attached to an aromatic ring is 2. The number of benzene rings is 2. The Hall–Kier alpha value is -3.74. The van der Waals surface area contributed by atoms with Crippen molar-refractivity contribution >= 4 is 33.4 Å². The molecule has 11 nitrogen and oxygen atoms in total. The van der Waals surface area contributed by atoms with Crippen LogP contribution in [0.3, 0.4) is 0 Å². The van der Waals surface area contributed by atoms with Crippen LogP contribution in [-0.4, -0.2) is 89.3 Å². The first kappa shape index (κ1) is 30.2. The number of anilines is 2. The first-order chi connectivity index (χ1) is 20.2. The van der Waals surface area contributed by atoms with Crippen molar-refractivity contribution < 1.29 is 33.2 Å². The number of aromatic nitrogens is 2. The fourth-order valence-corrected chi connectivity index (χ4v) is 3.82. The number of nitrogens with two attached hydrogens (primary N) is 2. The van der Waals surface area contributed by atoms with Gasteiger partial charge in [0.05, 0.1) is 77.1 Å². The maximum absolute atomic E-state index is 5.74. The highest BCUT2D eigenvalue weighted by Crippen LogP contribution is 2.21. The van der Waals surface area contributed by atoms with Gasteiger partial charge in [0.1, 0.15) is 36.3 Å². The van der Waals surface area contributed by atoms with Gasteiger partial charge >= 0.3 is 0 Å². The first-order valence-electron chi connectivity index (χ1n) is 13.6. The van der Waals surface area contributed by atoms with E-state index in [1.807, 2.05) is 48.5 Å². The summed E-state index contributed by atoms with van der Waals surface area (Å²) in [5, 5.41) is 2.03. The molecule has 0 amide bonds. The van der Waals surface area contributed by atoms with E-state index in [1.54, 1.807) is 12.1 Å². The van der Waals surface area contributed by atoms with E-state index < -0.39 is 0 Å². The molecule has 4 aromatic rings. The SMILES string of the molecule is Nc1ccc2ccc(OCCOCCOCCOCCOCCOCCOc3ccc4ccc(N)nc4c3)cc2n1. The Balaban J connectivity index is 0.883. The van der Waals surface area contributed by atoms with Crippen LogP contribution in [-0.2, 0) is 23.7 Å². The minimum atomic E-state index is 0.440. The Morgan fingerprint density at radius 3 is 1.10 bits per heavy atom. The predicted octanol–water partition coefficient (Wildman–Crippen LogP) is 3.49. The molecule has 0 radical (unpaired) electrons. The van der Waals surface area contributed by atoms with Crippen LogP contribution >= 0.6 is 0 Å².